The van der Waals surface area contributed by atoms with Crippen LogP contribution in [0.4, 0.5) is 0 Å². The summed E-state index contributed by atoms with van der Waals surface area (Å²) in [6.45, 7) is 3.99. The maximum Gasteiger partial charge on any atom is 0.294 e. The van der Waals surface area contributed by atoms with Gasteiger partial charge < -0.3 is 0 Å². The lowest BCUT2D eigenvalue weighted by Gasteiger charge is -2.11. The summed E-state index contributed by atoms with van der Waals surface area (Å²) in [7, 11) is -4.13. The molecule has 0 radical (unpaired) electrons. The molecule has 0 aliphatic carbocycles. The molecule has 3 nitrogen and oxygen atoms in total. The predicted octanol–water partition coefficient (Wildman–Crippen LogP) is 2.89. The van der Waals surface area contributed by atoms with Gasteiger partial charge in [-0.1, -0.05) is 35.8 Å². The van der Waals surface area contributed by atoms with Crippen LogP contribution in [0, 0.1) is 5.92 Å². The van der Waals surface area contributed by atoms with Crippen molar-refractivity contribution in [1.29, 1.82) is 0 Å². The van der Waals surface area contributed by atoms with Crippen LogP contribution in [0.15, 0.2) is 27.6 Å². The minimum atomic E-state index is -4.13. The quantitative estimate of drug-likeness (QED) is 0.872. The fourth-order valence-electron chi connectivity index (χ4n) is 1.39. The molecule has 0 saturated heterocycles. The Bertz CT molecular complexity index is 452. The minimum Gasteiger partial charge on any atom is -0.282 e. The Balaban J connectivity index is 3.33. The van der Waals surface area contributed by atoms with E-state index in [4.69, 9.17) is 4.55 Å². The number of rotatable bonds is 3. The molecule has 1 N–H and O–H groups in total. The van der Waals surface area contributed by atoms with Crippen LogP contribution in [0.3, 0.4) is 0 Å². The number of benzene rings is 1. The van der Waals surface area contributed by atoms with Crippen molar-refractivity contribution >= 4 is 26.0 Å². The number of hydrogen-bond acceptors (Lipinski definition) is 2. The molecule has 0 aliphatic rings. The fourth-order valence-corrected chi connectivity index (χ4v) is 2.80. The molecule has 0 heterocycles. The van der Waals surface area contributed by atoms with Crippen molar-refractivity contribution in [3.05, 3.63) is 28.2 Å². The van der Waals surface area contributed by atoms with Gasteiger partial charge in [-0.2, -0.15) is 8.42 Å². The van der Waals surface area contributed by atoms with Gasteiger partial charge in [-0.3, -0.25) is 4.55 Å². The van der Waals surface area contributed by atoms with E-state index >= 15 is 0 Å². The highest BCUT2D eigenvalue weighted by molar-refractivity contribution is 9.10. The molecule has 0 bridgehead atoms. The Kier molecular flexibility index (Phi) is 3.92. The standard InChI is InChI=1S/C10H13BrO3S/c1-7(2)6-8-9(11)4-3-5-10(8)15(12,13)14/h3-5,7H,6H2,1-2H3,(H,12,13,14). The summed E-state index contributed by atoms with van der Waals surface area (Å²) in [6.07, 6.45) is 0.608. The average molecular weight is 293 g/mol. The lowest BCUT2D eigenvalue weighted by atomic mass is 10.0. The molecule has 0 unspecified atom stereocenters. The van der Waals surface area contributed by atoms with Gasteiger partial charge in [0.15, 0.2) is 0 Å². The second-order valence-electron chi connectivity index (χ2n) is 3.79. The average Bonchev–Trinajstić information content (AvgIpc) is 2.05. The van der Waals surface area contributed by atoms with Gasteiger partial charge in [0.25, 0.3) is 10.1 Å². The smallest absolute Gasteiger partial charge is 0.282 e. The summed E-state index contributed by atoms with van der Waals surface area (Å²) in [5.74, 6) is 0.323. The van der Waals surface area contributed by atoms with Crippen molar-refractivity contribution in [3.63, 3.8) is 0 Å². The first-order chi connectivity index (χ1) is 6.82. The summed E-state index contributed by atoms with van der Waals surface area (Å²) in [4.78, 5) is -0.00873. The van der Waals surface area contributed by atoms with Crippen LogP contribution in [-0.2, 0) is 16.5 Å². The van der Waals surface area contributed by atoms with Gasteiger partial charge in [0.1, 0.15) is 0 Å². The lowest BCUT2D eigenvalue weighted by molar-refractivity contribution is 0.481. The second kappa shape index (κ2) is 4.63. The van der Waals surface area contributed by atoms with E-state index in [9.17, 15) is 8.42 Å². The fraction of sp³-hybridized carbons (Fsp3) is 0.400. The molecule has 1 rings (SSSR count). The van der Waals surface area contributed by atoms with Crippen molar-refractivity contribution in [3.8, 4) is 0 Å². The Labute approximate surface area is 98.4 Å². The third-order valence-electron chi connectivity index (χ3n) is 1.97. The Hall–Kier alpha value is -0.390. The van der Waals surface area contributed by atoms with Crippen LogP contribution in [0.2, 0.25) is 0 Å². The predicted molar refractivity (Wildman–Crippen MR) is 62.5 cm³/mol. The molecule has 0 amide bonds. The zero-order valence-corrected chi connectivity index (χ0v) is 11.0. The monoisotopic (exact) mass is 292 g/mol. The van der Waals surface area contributed by atoms with E-state index < -0.39 is 10.1 Å². The Morgan fingerprint density at radius 1 is 1.40 bits per heavy atom. The zero-order valence-electron chi connectivity index (χ0n) is 8.57. The van der Waals surface area contributed by atoms with Gasteiger partial charge >= 0.3 is 0 Å². The molecule has 0 aromatic heterocycles. The first-order valence-corrected chi connectivity index (χ1v) is 6.80. The first kappa shape index (κ1) is 12.7. The molecule has 0 atom stereocenters. The molecular formula is C10H13BrO3S. The summed E-state index contributed by atoms with van der Waals surface area (Å²) < 4.78 is 32.0. The summed E-state index contributed by atoms with van der Waals surface area (Å²) in [5, 5.41) is 0. The van der Waals surface area contributed by atoms with E-state index in [1.54, 1.807) is 12.1 Å². The van der Waals surface area contributed by atoms with E-state index in [2.05, 4.69) is 15.9 Å². The topological polar surface area (TPSA) is 54.4 Å². The van der Waals surface area contributed by atoms with E-state index in [0.717, 1.165) is 0 Å². The van der Waals surface area contributed by atoms with Gasteiger partial charge in [-0.25, -0.2) is 0 Å². The molecule has 84 valence electrons. The summed E-state index contributed by atoms with van der Waals surface area (Å²) in [6, 6.07) is 4.78. The van der Waals surface area contributed by atoms with Crippen LogP contribution in [-0.4, -0.2) is 13.0 Å². The SMILES string of the molecule is CC(C)Cc1c(Br)cccc1S(=O)(=O)O. The molecule has 5 heteroatoms. The third kappa shape index (κ3) is 3.29. The maximum atomic E-state index is 11.1. The minimum absolute atomic E-state index is 0.00873. The van der Waals surface area contributed by atoms with Crippen molar-refractivity contribution in [2.75, 3.05) is 0 Å². The molecular weight excluding hydrogens is 280 g/mol. The van der Waals surface area contributed by atoms with E-state index in [0.29, 0.717) is 22.4 Å². The van der Waals surface area contributed by atoms with Crippen LogP contribution >= 0.6 is 15.9 Å². The van der Waals surface area contributed by atoms with Crippen molar-refractivity contribution < 1.29 is 13.0 Å². The highest BCUT2D eigenvalue weighted by atomic mass is 79.9. The van der Waals surface area contributed by atoms with Crippen LogP contribution in [0.25, 0.3) is 0 Å². The molecule has 1 aromatic rings. The van der Waals surface area contributed by atoms with Gasteiger partial charge in [0.05, 0.1) is 4.90 Å². The van der Waals surface area contributed by atoms with Crippen molar-refractivity contribution in [2.45, 2.75) is 25.2 Å². The molecule has 0 saturated carbocycles. The summed E-state index contributed by atoms with van der Waals surface area (Å²) >= 11 is 3.29. The Morgan fingerprint density at radius 3 is 2.47 bits per heavy atom. The lowest BCUT2D eigenvalue weighted by Crippen LogP contribution is -2.06. The van der Waals surface area contributed by atoms with Gasteiger partial charge in [-0.15, -0.1) is 0 Å². The molecule has 0 spiro atoms. The molecule has 0 fully saturated rings. The van der Waals surface area contributed by atoms with E-state index in [1.165, 1.54) is 6.07 Å². The molecule has 15 heavy (non-hydrogen) atoms. The van der Waals surface area contributed by atoms with Crippen molar-refractivity contribution in [2.24, 2.45) is 5.92 Å². The van der Waals surface area contributed by atoms with Crippen molar-refractivity contribution in [1.82, 2.24) is 0 Å². The van der Waals surface area contributed by atoms with Crippen LogP contribution in [0.1, 0.15) is 19.4 Å². The zero-order chi connectivity index (χ0) is 11.6. The first-order valence-electron chi connectivity index (χ1n) is 4.57. The summed E-state index contributed by atoms with van der Waals surface area (Å²) in [5.41, 5.74) is 0.634. The van der Waals surface area contributed by atoms with Gasteiger partial charge in [0.2, 0.25) is 0 Å². The second-order valence-corrected chi connectivity index (χ2v) is 6.03. The van der Waals surface area contributed by atoms with Gasteiger partial charge in [-0.05, 0) is 30.0 Å². The number of halogens is 1. The third-order valence-corrected chi connectivity index (χ3v) is 3.65. The van der Waals surface area contributed by atoms with Crippen LogP contribution in [0.5, 0.6) is 0 Å². The Morgan fingerprint density at radius 2 is 2.00 bits per heavy atom. The highest BCUT2D eigenvalue weighted by Crippen LogP contribution is 2.26. The maximum absolute atomic E-state index is 11.1. The van der Waals surface area contributed by atoms with E-state index in [-0.39, 0.29) is 4.90 Å². The normalized spacial score (nSPS) is 12.1. The van der Waals surface area contributed by atoms with Crippen LogP contribution < -0.4 is 0 Å². The van der Waals surface area contributed by atoms with Gasteiger partial charge in [0, 0.05) is 4.47 Å². The number of hydrogen-bond donors (Lipinski definition) is 1. The molecule has 1 aromatic carbocycles. The largest absolute Gasteiger partial charge is 0.294 e. The van der Waals surface area contributed by atoms with E-state index in [1.807, 2.05) is 13.8 Å². The highest BCUT2D eigenvalue weighted by Gasteiger charge is 2.17. The molecule has 0 aliphatic heterocycles.